The maximum Gasteiger partial charge on any atom is 0.293 e. The molecule has 20 heavy (non-hydrogen) atoms. The van der Waals surface area contributed by atoms with E-state index in [-0.39, 0.29) is 17.1 Å². The number of amides is 2. The number of hydrogen-bond acceptors (Lipinski definition) is 3. The van der Waals surface area contributed by atoms with Crippen molar-refractivity contribution in [1.82, 2.24) is 4.90 Å². The normalized spacial score (nSPS) is 17.9. The Hall–Kier alpha value is -1.81. The minimum absolute atomic E-state index is 0.178. The highest BCUT2D eigenvalue weighted by Gasteiger charge is 2.34. The lowest BCUT2D eigenvalue weighted by molar-refractivity contribution is -0.123. The molecule has 0 unspecified atom stereocenters. The average molecular weight is 287 g/mol. The standard InChI is InChI=1S/C16H17NO2S/c1-12(2)11-17-15(18)14(20-16(17)19)10-6-9-13-7-4-3-5-8-13/h3-10,12H,11H2,1-2H3/b9-6+,14-10+. The van der Waals surface area contributed by atoms with Crippen LogP contribution in [0.3, 0.4) is 0 Å². The molecule has 0 spiro atoms. The van der Waals surface area contributed by atoms with E-state index in [1.807, 2.05) is 56.3 Å². The molecular weight excluding hydrogens is 270 g/mol. The van der Waals surface area contributed by atoms with Crippen molar-refractivity contribution in [1.29, 1.82) is 0 Å². The van der Waals surface area contributed by atoms with Crippen molar-refractivity contribution in [2.45, 2.75) is 13.8 Å². The van der Waals surface area contributed by atoms with Crippen LogP contribution in [0.4, 0.5) is 4.79 Å². The first-order valence-corrected chi connectivity index (χ1v) is 7.36. The van der Waals surface area contributed by atoms with Gasteiger partial charge in [-0.2, -0.15) is 0 Å². The van der Waals surface area contributed by atoms with E-state index in [9.17, 15) is 9.59 Å². The zero-order valence-electron chi connectivity index (χ0n) is 11.6. The molecule has 2 amide bonds. The molecule has 1 aromatic carbocycles. The predicted octanol–water partition coefficient (Wildman–Crippen LogP) is 3.94. The first-order valence-electron chi connectivity index (χ1n) is 6.55. The first-order chi connectivity index (χ1) is 9.58. The largest absolute Gasteiger partial charge is 0.293 e. The van der Waals surface area contributed by atoms with Crippen molar-refractivity contribution in [3.8, 4) is 0 Å². The molecule has 104 valence electrons. The zero-order chi connectivity index (χ0) is 14.5. The molecule has 1 aliphatic heterocycles. The van der Waals surface area contributed by atoms with E-state index in [2.05, 4.69) is 0 Å². The Labute approximate surface area is 123 Å². The summed E-state index contributed by atoms with van der Waals surface area (Å²) in [6, 6.07) is 9.82. The maximum absolute atomic E-state index is 12.1. The van der Waals surface area contributed by atoms with Gasteiger partial charge in [0.25, 0.3) is 11.1 Å². The summed E-state index contributed by atoms with van der Waals surface area (Å²) in [4.78, 5) is 25.6. The molecule has 0 N–H and O–H groups in total. The molecule has 0 bridgehead atoms. The van der Waals surface area contributed by atoms with Crippen molar-refractivity contribution in [3.63, 3.8) is 0 Å². The minimum atomic E-state index is -0.189. The van der Waals surface area contributed by atoms with E-state index < -0.39 is 0 Å². The number of hydrogen-bond donors (Lipinski definition) is 0. The second-order valence-corrected chi connectivity index (χ2v) is 5.97. The second kappa shape index (κ2) is 6.57. The van der Waals surface area contributed by atoms with Gasteiger partial charge in [0, 0.05) is 6.54 Å². The van der Waals surface area contributed by atoms with Crippen LogP contribution in [0.5, 0.6) is 0 Å². The summed E-state index contributed by atoms with van der Waals surface area (Å²) in [5.74, 6) is 0.0918. The van der Waals surface area contributed by atoms with E-state index in [0.717, 1.165) is 17.3 Å². The summed E-state index contributed by atoms with van der Waals surface area (Å²) in [6.07, 6.45) is 5.43. The van der Waals surface area contributed by atoms with Crippen LogP contribution in [0.15, 0.2) is 47.4 Å². The number of carbonyl (C=O) groups is 2. The van der Waals surface area contributed by atoms with Crippen LogP contribution in [0, 0.1) is 5.92 Å². The van der Waals surface area contributed by atoms with E-state index in [1.165, 1.54) is 4.90 Å². The molecule has 3 nitrogen and oxygen atoms in total. The topological polar surface area (TPSA) is 37.4 Å². The molecule has 1 aromatic rings. The third-order valence-corrected chi connectivity index (χ3v) is 3.68. The number of thioether (sulfide) groups is 1. The van der Waals surface area contributed by atoms with Gasteiger partial charge in [0.1, 0.15) is 0 Å². The van der Waals surface area contributed by atoms with Crippen LogP contribution in [0.1, 0.15) is 19.4 Å². The molecule has 0 saturated carbocycles. The van der Waals surface area contributed by atoms with Crippen molar-refractivity contribution in [2.75, 3.05) is 6.54 Å². The maximum atomic E-state index is 12.1. The fourth-order valence-corrected chi connectivity index (χ4v) is 2.65. The molecule has 1 saturated heterocycles. The Morgan fingerprint density at radius 1 is 1.20 bits per heavy atom. The zero-order valence-corrected chi connectivity index (χ0v) is 12.4. The Bertz CT molecular complexity index is 561. The third-order valence-electron chi connectivity index (χ3n) is 2.76. The molecule has 1 heterocycles. The summed E-state index contributed by atoms with van der Waals surface area (Å²) < 4.78 is 0. The van der Waals surface area contributed by atoms with Gasteiger partial charge in [-0.05, 0) is 29.3 Å². The van der Waals surface area contributed by atoms with E-state index in [4.69, 9.17) is 0 Å². The van der Waals surface area contributed by atoms with Crippen LogP contribution < -0.4 is 0 Å². The van der Waals surface area contributed by atoms with Crippen molar-refractivity contribution < 1.29 is 9.59 Å². The third kappa shape index (κ3) is 3.61. The fraction of sp³-hybridized carbons (Fsp3) is 0.250. The minimum Gasteiger partial charge on any atom is -0.268 e. The Kier molecular flexibility index (Phi) is 4.79. The highest BCUT2D eigenvalue weighted by atomic mass is 32.2. The summed E-state index contributed by atoms with van der Waals surface area (Å²) >= 11 is 1.01. The van der Waals surface area contributed by atoms with Crippen LogP contribution >= 0.6 is 11.8 Å². The Balaban J connectivity index is 2.07. The lowest BCUT2D eigenvalue weighted by atomic mass is 10.2. The monoisotopic (exact) mass is 287 g/mol. The van der Waals surface area contributed by atoms with Gasteiger partial charge in [0.15, 0.2) is 0 Å². The number of allylic oxidation sites excluding steroid dienone is 2. The van der Waals surface area contributed by atoms with Crippen LogP contribution in [0.2, 0.25) is 0 Å². The van der Waals surface area contributed by atoms with Crippen molar-refractivity contribution in [2.24, 2.45) is 5.92 Å². The molecule has 4 heteroatoms. The van der Waals surface area contributed by atoms with Gasteiger partial charge in [-0.1, -0.05) is 56.3 Å². The van der Waals surface area contributed by atoms with E-state index >= 15 is 0 Å². The lowest BCUT2D eigenvalue weighted by Gasteiger charge is -2.14. The average Bonchev–Trinajstić information content (AvgIpc) is 2.67. The van der Waals surface area contributed by atoms with Crippen molar-refractivity contribution in [3.05, 3.63) is 53.0 Å². The number of imide groups is 1. The number of benzene rings is 1. The van der Waals surface area contributed by atoms with E-state index in [0.29, 0.717) is 11.4 Å². The highest BCUT2D eigenvalue weighted by molar-refractivity contribution is 8.18. The number of rotatable bonds is 4. The SMILES string of the molecule is CC(C)CN1C(=O)S/C(=C/C=C/c2ccccc2)C1=O. The van der Waals surface area contributed by atoms with Gasteiger partial charge in [0.2, 0.25) is 0 Å². The van der Waals surface area contributed by atoms with Gasteiger partial charge in [-0.25, -0.2) is 0 Å². The van der Waals surface area contributed by atoms with Gasteiger partial charge in [-0.15, -0.1) is 0 Å². The molecule has 2 rings (SSSR count). The molecule has 0 aliphatic carbocycles. The first kappa shape index (κ1) is 14.6. The van der Waals surface area contributed by atoms with Crippen molar-refractivity contribution >= 4 is 29.0 Å². The van der Waals surface area contributed by atoms with Crippen LogP contribution in [-0.4, -0.2) is 22.6 Å². The van der Waals surface area contributed by atoms with Gasteiger partial charge in [-0.3, -0.25) is 14.5 Å². The molecule has 0 aromatic heterocycles. The summed E-state index contributed by atoms with van der Waals surface area (Å²) in [5.41, 5.74) is 1.06. The fourth-order valence-electron chi connectivity index (χ4n) is 1.85. The summed E-state index contributed by atoms with van der Waals surface area (Å²) in [6.45, 7) is 4.45. The smallest absolute Gasteiger partial charge is 0.268 e. The quantitative estimate of drug-likeness (QED) is 0.787. The molecule has 1 fully saturated rings. The summed E-state index contributed by atoms with van der Waals surface area (Å²) in [5, 5.41) is -0.178. The lowest BCUT2D eigenvalue weighted by Crippen LogP contribution is -2.31. The molecule has 0 radical (unpaired) electrons. The van der Waals surface area contributed by atoms with E-state index in [1.54, 1.807) is 6.08 Å². The number of carbonyl (C=O) groups excluding carboxylic acids is 2. The van der Waals surface area contributed by atoms with Gasteiger partial charge < -0.3 is 0 Å². The Morgan fingerprint density at radius 2 is 1.90 bits per heavy atom. The predicted molar refractivity (Wildman–Crippen MR) is 83.1 cm³/mol. The van der Waals surface area contributed by atoms with Gasteiger partial charge in [0.05, 0.1) is 4.91 Å². The summed E-state index contributed by atoms with van der Waals surface area (Å²) in [7, 11) is 0. The van der Waals surface area contributed by atoms with Gasteiger partial charge >= 0.3 is 0 Å². The van der Waals surface area contributed by atoms with Crippen LogP contribution in [0.25, 0.3) is 6.08 Å². The molecular formula is C16H17NO2S. The second-order valence-electron chi connectivity index (χ2n) is 4.98. The molecule has 1 aliphatic rings. The van der Waals surface area contributed by atoms with Crippen LogP contribution in [-0.2, 0) is 4.79 Å². The Morgan fingerprint density at radius 3 is 2.55 bits per heavy atom. The molecule has 0 atom stereocenters. The number of nitrogens with zero attached hydrogens (tertiary/aromatic N) is 1. The highest BCUT2D eigenvalue weighted by Crippen LogP contribution is 2.31.